The number of anilines is 1. The zero-order valence-electron chi connectivity index (χ0n) is 10.7. The molecular formula is C12H17BrN2O2S. The van der Waals surface area contributed by atoms with Crippen molar-refractivity contribution in [3.8, 4) is 0 Å². The monoisotopic (exact) mass is 332 g/mol. The number of benzene rings is 1. The molecule has 0 bridgehead atoms. The largest absolute Gasteiger partial charge is 0.367 e. The van der Waals surface area contributed by atoms with Crippen molar-refractivity contribution < 1.29 is 8.42 Å². The van der Waals surface area contributed by atoms with E-state index in [0.717, 1.165) is 10.2 Å². The molecule has 0 spiro atoms. The molecule has 0 unspecified atom stereocenters. The van der Waals surface area contributed by atoms with Crippen LogP contribution in [0.3, 0.4) is 0 Å². The summed E-state index contributed by atoms with van der Waals surface area (Å²) in [5.74, 6) is 0. The zero-order chi connectivity index (χ0) is 13.5. The van der Waals surface area contributed by atoms with Gasteiger partial charge in [-0.1, -0.05) is 15.9 Å². The summed E-state index contributed by atoms with van der Waals surface area (Å²) in [6.45, 7) is 5.36. The van der Waals surface area contributed by atoms with E-state index in [9.17, 15) is 8.42 Å². The van der Waals surface area contributed by atoms with Crippen molar-refractivity contribution in [3.63, 3.8) is 0 Å². The van der Waals surface area contributed by atoms with E-state index in [2.05, 4.69) is 34.7 Å². The van der Waals surface area contributed by atoms with Crippen molar-refractivity contribution in [1.29, 1.82) is 0 Å². The molecule has 100 valence electrons. The summed E-state index contributed by atoms with van der Waals surface area (Å²) < 4.78 is 27.0. The minimum atomic E-state index is -3.38. The molecule has 1 aliphatic rings. The van der Waals surface area contributed by atoms with Gasteiger partial charge in [0.2, 0.25) is 10.0 Å². The fourth-order valence-electron chi connectivity index (χ4n) is 2.13. The van der Waals surface area contributed by atoms with Gasteiger partial charge in [-0.15, -0.1) is 0 Å². The van der Waals surface area contributed by atoms with Crippen LogP contribution in [-0.2, 0) is 10.0 Å². The van der Waals surface area contributed by atoms with Gasteiger partial charge in [-0.05, 0) is 32.0 Å². The van der Waals surface area contributed by atoms with Crippen molar-refractivity contribution in [3.05, 3.63) is 22.7 Å². The third-order valence-corrected chi connectivity index (χ3v) is 5.58. The maximum absolute atomic E-state index is 12.4. The first kappa shape index (κ1) is 13.8. The van der Waals surface area contributed by atoms with E-state index in [-0.39, 0.29) is 6.04 Å². The molecule has 1 aromatic carbocycles. The summed E-state index contributed by atoms with van der Waals surface area (Å²) >= 11 is 3.34. The normalized spacial score (nSPS) is 19.7. The van der Waals surface area contributed by atoms with Gasteiger partial charge in [0, 0.05) is 30.7 Å². The van der Waals surface area contributed by atoms with E-state index in [1.165, 1.54) is 4.31 Å². The fraction of sp³-hybridized carbons (Fsp3) is 0.500. The molecule has 6 heteroatoms. The average molecular weight is 333 g/mol. The van der Waals surface area contributed by atoms with Crippen LogP contribution in [0, 0.1) is 0 Å². The van der Waals surface area contributed by atoms with Gasteiger partial charge < -0.3 is 4.90 Å². The summed E-state index contributed by atoms with van der Waals surface area (Å²) in [6, 6.07) is 5.71. The van der Waals surface area contributed by atoms with Crippen molar-refractivity contribution in [2.45, 2.75) is 24.8 Å². The van der Waals surface area contributed by atoms with Gasteiger partial charge in [-0.25, -0.2) is 8.42 Å². The Labute approximate surface area is 117 Å². The second-order valence-electron chi connectivity index (χ2n) is 4.73. The Bertz CT molecular complexity index is 557. The highest BCUT2D eigenvalue weighted by Gasteiger charge is 2.31. The lowest BCUT2D eigenvalue weighted by molar-refractivity contribution is 0.474. The zero-order valence-corrected chi connectivity index (χ0v) is 13.1. The number of rotatable bonds is 1. The Balaban J connectivity index is 2.68. The highest BCUT2D eigenvalue weighted by Crippen LogP contribution is 2.33. The SMILES string of the molecule is CC(C)N1CCN(C)S(=O)(=O)c2cc(Br)ccc21. The lowest BCUT2D eigenvalue weighted by Crippen LogP contribution is -2.35. The molecule has 0 aromatic heterocycles. The van der Waals surface area contributed by atoms with Gasteiger partial charge in [0.15, 0.2) is 0 Å². The standard InChI is InChI=1S/C12H17BrN2O2S/c1-9(2)15-7-6-14(3)18(16,17)12-8-10(13)4-5-11(12)15/h4-5,8-9H,6-7H2,1-3H3. The first-order chi connectivity index (χ1) is 8.34. The number of likely N-dealkylation sites (N-methyl/N-ethyl adjacent to an activating group) is 1. The van der Waals surface area contributed by atoms with Crippen molar-refractivity contribution >= 4 is 31.6 Å². The van der Waals surface area contributed by atoms with Crippen molar-refractivity contribution in [2.24, 2.45) is 0 Å². The van der Waals surface area contributed by atoms with Crippen LogP contribution in [0.1, 0.15) is 13.8 Å². The molecule has 0 aliphatic carbocycles. The summed E-state index contributed by atoms with van der Waals surface area (Å²) in [5.41, 5.74) is 0.789. The second-order valence-corrected chi connectivity index (χ2v) is 7.65. The minimum absolute atomic E-state index is 0.270. The van der Waals surface area contributed by atoms with Gasteiger partial charge in [-0.2, -0.15) is 4.31 Å². The van der Waals surface area contributed by atoms with Crippen LogP contribution >= 0.6 is 15.9 Å². The third-order valence-electron chi connectivity index (χ3n) is 3.20. The molecule has 0 saturated heterocycles. The van der Waals surface area contributed by atoms with E-state index >= 15 is 0 Å². The Morgan fingerprint density at radius 1 is 1.28 bits per heavy atom. The van der Waals surface area contributed by atoms with E-state index < -0.39 is 10.0 Å². The number of nitrogens with zero attached hydrogens (tertiary/aromatic N) is 2. The maximum Gasteiger partial charge on any atom is 0.244 e. The molecule has 1 heterocycles. The summed E-state index contributed by atoms with van der Waals surface area (Å²) in [6.07, 6.45) is 0. The molecule has 1 aromatic rings. The summed E-state index contributed by atoms with van der Waals surface area (Å²) in [7, 11) is -1.76. The first-order valence-electron chi connectivity index (χ1n) is 5.86. The van der Waals surface area contributed by atoms with Crippen LogP contribution in [0.25, 0.3) is 0 Å². The van der Waals surface area contributed by atoms with Crippen LogP contribution in [0.5, 0.6) is 0 Å². The van der Waals surface area contributed by atoms with E-state index in [4.69, 9.17) is 0 Å². The highest BCUT2D eigenvalue weighted by atomic mass is 79.9. The molecule has 0 N–H and O–H groups in total. The Morgan fingerprint density at radius 2 is 1.94 bits per heavy atom. The lowest BCUT2D eigenvalue weighted by Gasteiger charge is -2.28. The van der Waals surface area contributed by atoms with Crippen LogP contribution < -0.4 is 4.90 Å². The molecule has 0 saturated carbocycles. The molecule has 0 amide bonds. The van der Waals surface area contributed by atoms with Gasteiger partial charge >= 0.3 is 0 Å². The van der Waals surface area contributed by atoms with Gasteiger partial charge in [0.25, 0.3) is 0 Å². The van der Waals surface area contributed by atoms with Gasteiger partial charge in [0.1, 0.15) is 4.90 Å². The van der Waals surface area contributed by atoms with Crippen LogP contribution in [0.4, 0.5) is 5.69 Å². The number of hydrogen-bond acceptors (Lipinski definition) is 3. The highest BCUT2D eigenvalue weighted by molar-refractivity contribution is 9.10. The molecule has 1 aliphatic heterocycles. The van der Waals surface area contributed by atoms with Gasteiger partial charge in [0.05, 0.1) is 5.69 Å². The number of fused-ring (bicyclic) bond motifs is 1. The van der Waals surface area contributed by atoms with Gasteiger partial charge in [-0.3, -0.25) is 0 Å². The second kappa shape index (κ2) is 4.83. The molecule has 4 nitrogen and oxygen atoms in total. The Kier molecular flexibility index (Phi) is 3.71. The van der Waals surface area contributed by atoms with E-state index in [1.54, 1.807) is 13.1 Å². The Morgan fingerprint density at radius 3 is 2.56 bits per heavy atom. The van der Waals surface area contributed by atoms with Crippen LogP contribution in [0.15, 0.2) is 27.6 Å². The third kappa shape index (κ3) is 2.29. The van der Waals surface area contributed by atoms with Crippen molar-refractivity contribution in [1.82, 2.24) is 4.31 Å². The number of sulfonamides is 1. The number of halogens is 1. The summed E-state index contributed by atoms with van der Waals surface area (Å²) in [4.78, 5) is 2.51. The van der Waals surface area contributed by atoms with Crippen LogP contribution in [-0.4, -0.2) is 38.9 Å². The van der Waals surface area contributed by atoms with Crippen molar-refractivity contribution in [2.75, 3.05) is 25.0 Å². The molecule has 0 radical (unpaired) electrons. The minimum Gasteiger partial charge on any atom is -0.367 e. The molecule has 0 atom stereocenters. The van der Waals surface area contributed by atoms with E-state index in [1.807, 2.05) is 12.1 Å². The van der Waals surface area contributed by atoms with E-state index in [0.29, 0.717) is 18.0 Å². The molecule has 2 rings (SSSR count). The quantitative estimate of drug-likeness (QED) is 0.792. The average Bonchev–Trinajstić information content (AvgIpc) is 2.37. The smallest absolute Gasteiger partial charge is 0.244 e. The summed E-state index contributed by atoms with van der Waals surface area (Å²) in [5, 5.41) is 0. The van der Waals surface area contributed by atoms with Crippen LogP contribution in [0.2, 0.25) is 0 Å². The predicted octanol–water partition coefficient (Wildman–Crippen LogP) is 2.30. The molecule has 0 fully saturated rings. The topological polar surface area (TPSA) is 40.6 Å². The molecular weight excluding hydrogens is 316 g/mol. The fourth-order valence-corrected chi connectivity index (χ4v) is 4.02. The predicted molar refractivity (Wildman–Crippen MR) is 76.4 cm³/mol. The maximum atomic E-state index is 12.4. The number of hydrogen-bond donors (Lipinski definition) is 0. The first-order valence-corrected chi connectivity index (χ1v) is 8.10. The Hall–Kier alpha value is -0.590. The molecule has 18 heavy (non-hydrogen) atoms. The lowest BCUT2D eigenvalue weighted by atomic mass is 10.2.